The summed E-state index contributed by atoms with van der Waals surface area (Å²) >= 11 is 6.95. The largest absolute Gasteiger partial charge is 0.310 e. The second-order valence-electron chi connectivity index (χ2n) is 4.89. The van der Waals surface area contributed by atoms with Crippen molar-refractivity contribution >= 4 is 31.9 Å². The van der Waals surface area contributed by atoms with Crippen LogP contribution in [-0.4, -0.2) is 11.5 Å². The summed E-state index contributed by atoms with van der Waals surface area (Å²) < 4.78 is 15.4. The van der Waals surface area contributed by atoms with Crippen LogP contribution in [0.1, 0.15) is 30.5 Å². The molecular weight excluding hydrogens is 399 g/mol. The van der Waals surface area contributed by atoms with E-state index in [0.717, 1.165) is 39.5 Å². The highest BCUT2D eigenvalue weighted by Crippen LogP contribution is 2.27. The van der Waals surface area contributed by atoms with E-state index < -0.39 is 0 Å². The second kappa shape index (κ2) is 8.01. The first-order chi connectivity index (χ1) is 10.1. The zero-order chi connectivity index (χ0) is 15.2. The van der Waals surface area contributed by atoms with E-state index in [9.17, 15) is 4.39 Å². The van der Waals surface area contributed by atoms with Gasteiger partial charge in [0.2, 0.25) is 0 Å². The zero-order valence-corrected chi connectivity index (χ0v) is 14.9. The van der Waals surface area contributed by atoms with Gasteiger partial charge < -0.3 is 5.32 Å². The number of hydrogen-bond donors (Lipinski definition) is 1. The lowest BCUT2D eigenvalue weighted by molar-refractivity contribution is 0.522. The fourth-order valence-corrected chi connectivity index (χ4v) is 3.13. The van der Waals surface area contributed by atoms with E-state index in [0.29, 0.717) is 0 Å². The first-order valence-corrected chi connectivity index (χ1v) is 8.46. The lowest BCUT2D eigenvalue weighted by Crippen LogP contribution is -2.24. The molecule has 0 aliphatic heterocycles. The fourth-order valence-electron chi connectivity index (χ4n) is 2.20. The predicted octanol–water partition coefficient (Wildman–Crippen LogP) is 5.03. The Labute approximate surface area is 141 Å². The van der Waals surface area contributed by atoms with Gasteiger partial charge in [-0.2, -0.15) is 0 Å². The molecule has 5 heteroatoms. The lowest BCUT2D eigenvalue weighted by atomic mass is 9.99. The topological polar surface area (TPSA) is 24.9 Å². The van der Waals surface area contributed by atoms with Gasteiger partial charge in [0.1, 0.15) is 5.82 Å². The average Bonchev–Trinajstić information content (AvgIpc) is 2.46. The standard InChI is InChI=1S/C16H17Br2FN2/c1-2-5-21-16(7-11-6-12(17)10-20-9-11)14-8-13(19)3-4-15(14)18/h3-4,6,8-10,16,21H,2,5,7H2,1H3. The molecule has 0 spiro atoms. The maximum atomic E-state index is 13.6. The molecule has 0 amide bonds. The lowest BCUT2D eigenvalue weighted by Gasteiger charge is -2.20. The smallest absolute Gasteiger partial charge is 0.123 e. The van der Waals surface area contributed by atoms with E-state index in [4.69, 9.17) is 0 Å². The molecule has 0 bridgehead atoms. The molecule has 0 radical (unpaired) electrons. The van der Waals surface area contributed by atoms with Gasteiger partial charge in [0.15, 0.2) is 0 Å². The van der Waals surface area contributed by atoms with Crippen molar-refractivity contribution in [2.45, 2.75) is 25.8 Å². The molecule has 1 aromatic heterocycles. The number of nitrogens with one attached hydrogen (secondary N) is 1. The Balaban J connectivity index is 2.27. The van der Waals surface area contributed by atoms with E-state index in [2.05, 4.69) is 49.1 Å². The molecule has 112 valence electrons. The van der Waals surface area contributed by atoms with Gasteiger partial charge in [-0.15, -0.1) is 0 Å². The molecule has 0 aliphatic carbocycles. The monoisotopic (exact) mass is 414 g/mol. The Morgan fingerprint density at radius 3 is 2.76 bits per heavy atom. The Morgan fingerprint density at radius 2 is 2.05 bits per heavy atom. The summed E-state index contributed by atoms with van der Waals surface area (Å²) in [5.41, 5.74) is 2.04. The van der Waals surface area contributed by atoms with Gasteiger partial charge in [-0.1, -0.05) is 22.9 Å². The summed E-state index contributed by atoms with van der Waals surface area (Å²) in [6, 6.07) is 6.89. The molecule has 0 saturated carbocycles. The van der Waals surface area contributed by atoms with Crippen molar-refractivity contribution in [2.75, 3.05) is 6.54 Å². The van der Waals surface area contributed by atoms with Crippen LogP contribution < -0.4 is 5.32 Å². The van der Waals surface area contributed by atoms with E-state index in [-0.39, 0.29) is 11.9 Å². The van der Waals surface area contributed by atoms with Crippen LogP contribution in [0.5, 0.6) is 0 Å². The zero-order valence-electron chi connectivity index (χ0n) is 11.7. The third-order valence-electron chi connectivity index (χ3n) is 3.18. The van der Waals surface area contributed by atoms with Gasteiger partial charge >= 0.3 is 0 Å². The summed E-state index contributed by atoms with van der Waals surface area (Å²) in [5, 5.41) is 3.48. The van der Waals surface area contributed by atoms with E-state index in [1.807, 2.05) is 12.3 Å². The third-order valence-corrected chi connectivity index (χ3v) is 4.33. The number of nitrogens with zero attached hydrogens (tertiary/aromatic N) is 1. The van der Waals surface area contributed by atoms with Crippen LogP contribution in [0.25, 0.3) is 0 Å². The van der Waals surface area contributed by atoms with Crippen molar-refractivity contribution in [3.05, 3.63) is 62.5 Å². The van der Waals surface area contributed by atoms with Crippen molar-refractivity contribution in [2.24, 2.45) is 0 Å². The number of benzene rings is 1. The van der Waals surface area contributed by atoms with Gasteiger partial charge in [0.05, 0.1) is 0 Å². The van der Waals surface area contributed by atoms with Crippen LogP contribution in [0.4, 0.5) is 4.39 Å². The third kappa shape index (κ3) is 4.87. The highest BCUT2D eigenvalue weighted by Gasteiger charge is 2.16. The minimum absolute atomic E-state index is 0.0473. The molecule has 1 atom stereocenters. The van der Waals surface area contributed by atoms with Crippen molar-refractivity contribution in [1.82, 2.24) is 10.3 Å². The minimum Gasteiger partial charge on any atom is -0.310 e. The maximum absolute atomic E-state index is 13.6. The quantitative estimate of drug-likeness (QED) is 0.715. The predicted molar refractivity (Wildman–Crippen MR) is 90.8 cm³/mol. The summed E-state index contributed by atoms with van der Waals surface area (Å²) in [6.45, 7) is 3.00. The fraction of sp³-hybridized carbons (Fsp3) is 0.312. The van der Waals surface area contributed by atoms with Crippen LogP contribution in [0.3, 0.4) is 0 Å². The highest BCUT2D eigenvalue weighted by atomic mass is 79.9. The number of aromatic nitrogens is 1. The number of pyridine rings is 1. The van der Waals surface area contributed by atoms with Crippen LogP contribution in [-0.2, 0) is 6.42 Å². The summed E-state index contributed by atoms with van der Waals surface area (Å²) in [6.07, 6.45) is 5.39. The molecule has 0 fully saturated rings. The molecule has 2 aromatic rings. The first kappa shape index (κ1) is 16.6. The Hall–Kier alpha value is -0.780. The molecule has 2 rings (SSSR count). The Kier molecular flexibility index (Phi) is 6.33. The van der Waals surface area contributed by atoms with E-state index in [1.165, 1.54) is 6.07 Å². The van der Waals surface area contributed by atoms with Crippen molar-refractivity contribution in [3.63, 3.8) is 0 Å². The summed E-state index contributed by atoms with van der Waals surface area (Å²) in [5.74, 6) is -0.219. The first-order valence-electron chi connectivity index (χ1n) is 6.88. The second-order valence-corrected chi connectivity index (χ2v) is 6.66. The number of halogens is 3. The molecule has 0 aliphatic rings. The van der Waals surface area contributed by atoms with E-state index in [1.54, 1.807) is 18.3 Å². The van der Waals surface area contributed by atoms with Crippen molar-refractivity contribution < 1.29 is 4.39 Å². The minimum atomic E-state index is -0.219. The van der Waals surface area contributed by atoms with Crippen molar-refractivity contribution in [3.8, 4) is 0 Å². The summed E-state index contributed by atoms with van der Waals surface area (Å²) in [7, 11) is 0. The molecular formula is C16H17Br2FN2. The van der Waals surface area contributed by atoms with Crippen molar-refractivity contribution in [1.29, 1.82) is 0 Å². The SMILES string of the molecule is CCCNC(Cc1cncc(Br)c1)c1cc(F)ccc1Br. The highest BCUT2D eigenvalue weighted by molar-refractivity contribution is 9.10. The maximum Gasteiger partial charge on any atom is 0.123 e. The number of hydrogen-bond acceptors (Lipinski definition) is 2. The van der Waals surface area contributed by atoms with Gasteiger partial charge in [-0.25, -0.2) is 4.39 Å². The molecule has 0 saturated heterocycles. The Bertz CT molecular complexity index is 605. The molecule has 1 aromatic carbocycles. The van der Waals surface area contributed by atoms with Gasteiger partial charge in [-0.3, -0.25) is 4.98 Å². The van der Waals surface area contributed by atoms with Crippen LogP contribution in [0.15, 0.2) is 45.6 Å². The van der Waals surface area contributed by atoms with Gasteiger partial charge in [-0.05, 0) is 70.7 Å². The molecule has 2 nitrogen and oxygen atoms in total. The molecule has 1 N–H and O–H groups in total. The van der Waals surface area contributed by atoms with Gasteiger partial charge in [0, 0.05) is 27.4 Å². The molecule has 1 heterocycles. The normalized spacial score (nSPS) is 12.4. The van der Waals surface area contributed by atoms with Gasteiger partial charge in [0.25, 0.3) is 0 Å². The van der Waals surface area contributed by atoms with Crippen LogP contribution >= 0.6 is 31.9 Å². The van der Waals surface area contributed by atoms with Crippen LogP contribution in [0.2, 0.25) is 0 Å². The average molecular weight is 416 g/mol. The Morgan fingerprint density at radius 1 is 1.24 bits per heavy atom. The number of rotatable bonds is 6. The molecule has 1 unspecified atom stereocenters. The van der Waals surface area contributed by atoms with E-state index >= 15 is 0 Å². The molecule has 21 heavy (non-hydrogen) atoms. The van der Waals surface area contributed by atoms with Crippen LogP contribution in [0, 0.1) is 5.82 Å². The summed E-state index contributed by atoms with van der Waals surface area (Å²) in [4.78, 5) is 4.19.